The molecule has 308 valence electrons. The van der Waals surface area contributed by atoms with Crippen LogP contribution in [0.3, 0.4) is 0 Å². The molecule has 8 saturated carbocycles. The fourth-order valence-corrected chi connectivity index (χ4v) is 19.7. The summed E-state index contributed by atoms with van der Waals surface area (Å²) in [6.45, 7) is 15.9. The van der Waals surface area contributed by atoms with Gasteiger partial charge in [-0.05, 0) is 182 Å². The molecule has 1 heterocycles. The molecule has 2 aromatic carbocycles. The van der Waals surface area contributed by atoms with Crippen molar-refractivity contribution in [1.82, 2.24) is 0 Å². The van der Waals surface area contributed by atoms with Gasteiger partial charge in [-0.2, -0.15) is 12.1 Å². The summed E-state index contributed by atoms with van der Waals surface area (Å²) in [6.07, 6.45) is 17.9. The number of carbonyl (C=O) groups excluding carboxylic acids is 1. The number of ether oxygens (including phenoxy) is 2. The summed E-state index contributed by atoms with van der Waals surface area (Å²) in [5, 5.41) is 5.37. The summed E-state index contributed by atoms with van der Waals surface area (Å²) in [6, 6.07) is 13.2. The van der Waals surface area contributed by atoms with Crippen LogP contribution in [0.2, 0.25) is 0 Å². The first-order valence-corrected chi connectivity index (χ1v) is 27.4. The van der Waals surface area contributed by atoms with Crippen molar-refractivity contribution in [3.05, 3.63) is 63.3 Å². The predicted molar refractivity (Wildman–Crippen MR) is 238 cm³/mol. The summed E-state index contributed by atoms with van der Waals surface area (Å²) < 4.78 is 13.2. The zero-order valence-electron chi connectivity index (χ0n) is 35.4. The Morgan fingerprint density at radius 3 is 1.41 bits per heavy atom. The first kappa shape index (κ1) is 43.1. The molecule has 0 saturated heterocycles. The second-order valence-electron chi connectivity index (χ2n) is 19.8. The van der Waals surface area contributed by atoms with Crippen molar-refractivity contribution in [2.45, 2.75) is 154 Å². The minimum absolute atomic E-state index is 0.122. The Bertz CT molecular complexity index is 1710. The number of Topliss-reactive ketones (excluding diaryl/α,β-unsaturated/α-hetero) is 1. The van der Waals surface area contributed by atoms with Gasteiger partial charge in [0.25, 0.3) is 0 Å². The minimum atomic E-state index is -0.485. The molecular formula is C49H66BrO3PPdS. The number of carbonyl (C=O) groups is 1. The molecule has 0 N–H and O–H groups in total. The van der Waals surface area contributed by atoms with Gasteiger partial charge < -0.3 is 14.3 Å². The molecule has 0 radical (unpaired) electrons. The third-order valence-electron chi connectivity index (χ3n) is 14.9. The Kier molecular flexibility index (Phi) is 13.5. The van der Waals surface area contributed by atoms with E-state index < -0.39 is 7.92 Å². The van der Waals surface area contributed by atoms with Gasteiger partial charge in [0.2, 0.25) is 0 Å². The summed E-state index contributed by atoms with van der Waals surface area (Å²) in [7, 11) is 3.41. The third-order valence-corrected chi connectivity index (χ3v) is 19.7. The topological polar surface area (TPSA) is 35.5 Å². The molecule has 3 nitrogen and oxygen atoms in total. The van der Waals surface area contributed by atoms with E-state index in [1.807, 2.05) is 14.2 Å². The number of rotatable bonds is 10. The monoisotopic (exact) mass is 950 g/mol. The second-order valence-corrected chi connectivity index (χ2v) is 23.7. The number of thiophene rings is 1. The first-order valence-electron chi connectivity index (χ1n) is 21.7. The van der Waals surface area contributed by atoms with Gasteiger partial charge in [-0.1, -0.05) is 66.5 Å². The summed E-state index contributed by atoms with van der Waals surface area (Å²) in [4.78, 5) is 11.3. The molecule has 0 aliphatic heterocycles. The van der Waals surface area contributed by atoms with E-state index in [1.165, 1.54) is 122 Å². The van der Waals surface area contributed by atoms with Gasteiger partial charge in [-0.25, -0.2) is 0 Å². The van der Waals surface area contributed by atoms with Gasteiger partial charge in [0.15, 0.2) is 0 Å². The number of benzene rings is 2. The van der Waals surface area contributed by atoms with Gasteiger partial charge in [0.1, 0.15) is 17.3 Å². The van der Waals surface area contributed by atoms with E-state index in [9.17, 15) is 4.79 Å². The number of ketones is 1. The van der Waals surface area contributed by atoms with Crippen LogP contribution in [0.1, 0.15) is 170 Å². The zero-order valence-corrected chi connectivity index (χ0v) is 40.3. The normalized spacial score (nSPS) is 31.3. The Morgan fingerprint density at radius 2 is 1.11 bits per heavy atom. The van der Waals surface area contributed by atoms with Crippen LogP contribution in [0.4, 0.5) is 0 Å². The van der Waals surface area contributed by atoms with Gasteiger partial charge in [-0.3, -0.25) is 11.3 Å². The summed E-state index contributed by atoms with van der Waals surface area (Å²) in [5.41, 5.74) is 7.41. The number of methoxy groups -OCH3 is 2. The van der Waals surface area contributed by atoms with E-state index >= 15 is 0 Å². The fraction of sp³-hybridized carbons (Fsp3) is 0.653. The number of hydrogen-bond donors (Lipinski definition) is 0. The van der Waals surface area contributed by atoms with Crippen molar-refractivity contribution in [2.24, 2.45) is 35.5 Å². The fourth-order valence-electron chi connectivity index (χ4n) is 13.7. The Balaban J connectivity index is 0.000000425. The average Bonchev–Trinajstić information content (AvgIpc) is 3.70. The predicted octanol–water partition coefficient (Wildman–Crippen LogP) is 14.4. The maximum absolute atomic E-state index is 10.5. The van der Waals surface area contributed by atoms with Crippen LogP contribution in [-0.2, 0) is 17.2 Å². The van der Waals surface area contributed by atoms with Crippen LogP contribution in [-0.4, -0.2) is 30.3 Å². The quantitative estimate of drug-likeness (QED) is 0.0879. The molecule has 8 bridgehead atoms. The van der Waals surface area contributed by atoms with Gasteiger partial charge in [-0.15, -0.1) is 5.38 Å². The molecule has 11 rings (SSSR count). The molecule has 0 unspecified atom stereocenters. The molecule has 56 heavy (non-hydrogen) atoms. The van der Waals surface area contributed by atoms with Crippen molar-refractivity contribution in [3.63, 3.8) is 0 Å². The van der Waals surface area contributed by atoms with Crippen molar-refractivity contribution < 1.29 is 31.5 Å². The van der Waals surface area contributed by atoms with E-state index in [0.29, 0.717) is 28.1 Å². The molecule has 8 aliphatic rings. The van der Waals surface area contributed by atoms with Crippen molar-refractivity contribution in [2.75, 3.05) is 14.2 Å². The molecule has 3 aromatic rings. The third kappa shape index (κ3) is 8.10. The zero-order chi connectivity index (χ0) is 40.1. The van der Waals surface area contributed by atoms with Crippen LogP contribution >= 0.6 is 32.7 Å². The van der Waals surface area contributed by atoms with E-state index in [0.717, 1.165) is 46.1 Å². The van der Waals surface area contributed by atoms with Crippen LogP contribution in [0.5, 0.6) is 11.5 Å². The molecule has 8 fully saturated rings. The standard InChI is InChI=1S/C43H61O2P.C6H5OS.BrH.Pd/c1-25(2)34-17-35(26(3)4)39(36(18-34)27(5)6)40-37(44-7)9-10-38(45-8)41(40)46(42-19-28-11-29(20-42)13-30(12-28)21-42)43-22-31-14-32(23-43)16-33(15-31)24-43;1-5(7)6-3-2-4-8-6;;/h9-10,17-18,25-33H,11-16,19-24H2,1-8H3;2-3H,1H3;1H;/q;-1;;+2/p-1. The van der Waals surface area contributed by atoms with Crippen molar-refractivity contribution in [3.8, 4) is 22.6 Å². The number of hydrogen-bond acceptors (Lipinski definition) is 4. The van der Waals surface area contributed by atoms with E-state index in [-0.39, 0.29) is 5.78 Å². The molecule has 7 heteroatoms. The van der Waals surface area contributed by atoms with Crippen molar-refractivity contribution in [1.29, 1.82) is 0 Å². The Hall–Kier alpha value is -1.02. The average molecular weight is 952 g/mol. The van der Waals surface area contributed by atoms with Crippen LogP contribution in [0.25, 0.3) is 11.1 Å². The summed E-state index contributed by atoms with van der Waals surface area (Å²) in [5.74, 6) is 9.45. The van der Waals surface area contributed by atoms with Crippen LogP contribution in [0.15, 0.2) is 36.4 Å². The number of halogens is 1. The maximum atomic E-state index is 10.5. The molecule has 1 aromatic heterocycles. The Morgan fingerprint density at radius 1 is 0.696 bits per heavy atom. The molecule has 8 aliphatic carbocycles. The van der Waals surface area contributed by atoms with Gasteiger partial charge >= 0.3 is 30.6 Å². The van der Waals surface area contributed by atoms with E-state index in [1.54, 1.807) is 24.4 Å². The van der Waals surface area contributed by atoms with Crippen LogP contribution in [0, 0.1) is 40.9 Å². The van der Waals surface area contributed by atoms with Gasteiger partial charge in [0.05, 0.1) is 14.2 Å². The van der Waals surface area contributed by atoms with E-state index in [4.69, 9.17) is 9.47 Å². The Labute approximate surface area is 362 Å². The van der Waals surface area contributed by atoms with Crippen molar-refractivity contribution >= 4 is 43.8 Å². The van der Waals surface area contributed by atoms with E-state index in [2.05, 4.69) is 102 Å². The van der Waals surface area contributed by atoms with Gasteiger partial charge in [0, 0.05) is 10.9 Å². The first-order chi connectivity index (χ1) is 26.8. The SMILES string of the molecule is CC(=O)c1cc[c-]s1.COc1ccc(OC)c(P(C23CC4CC(CC(C4)C2)C3)C23CC4CC(CC(C4)C2)C3)c1-c1c(C(C)C)cc(C(C)C)cc1C(C)C.[Br][Pd+]. The van der Waals surface area contributed by atoms with Crippen LogP contribution < -0.4 is 14.8 Å². The molecule has 0 spiro atoms. The molecule has 0 amide bonds. The second kappa shape index (κ2) is 17.5. The molecular weight excluding hydrogens is 886 g/mol. The molecule has 0 atom stereocenters. The summed E-state index contributed by atoms with van der Waals surface area (Å²) >= 11 is 6.71.